The van der Waals surface area contributed by atoms with E-state index in [1.165, 1.54) is 0 Å². The number of fused-ring (bicyclic) bond motifs is 2. The Morgan fingerprint density at radius 3 is 2.90 bits per heavy atom. The summed E-state index contributed by atoms with van der Waals surface area (Å²) in [5.74, 6) is -1.38. The molecule has 3 rings (SSSR count). The normalized spacial score (nSPS) is 35.7. The van der Waals surface area contributed by atoms with Gasteiger partial charge in [-0.3, -0.25) is 0 Å². The number of aliphatic hydroxyl groups excluding tert-OH is 3. The minimum absolute atomic E-state index is 0.0446. The van der Waals surface area contributed by atoms with E-state index in [1.54, 1.807) is 12.1 Å². The number of rotatable bonds is 2. The molecular weight excluding hydrogens is 296 g/mol. The maximum absolute atomic E-state index is 10.5. The van der Waals surface area contributed by atoms with Crippen LogP contribution in [0.3, 0.4) is 0 Å². The van der Waals surface area contributed by atoms with E-state index in [4.69, 9.17) is 26.2 Å². The van der Waals surface area contributed by atoms with Crippen LogP contribution in [0.4, 0.5) is 0 Å². The summed E-state index contributed by atoms with van der Waals surface area (Å²) < 4.78 is 11.7. The SMILES string of the molecule is OCC[C@@H]1C[C@H](O)[C@@H](O)[C@]2(OCCc3cc(Cl)ccc32)O1. The van der Waals surface area contributed by atoms with Crippen molar-refractivity contribution in [1.82, 2.24) is 0 Å². The predicted molar refractivity (Wildman–Crippen MR) is 76.0 cm³/mol. The molecule has 116 valence electrons. The van der Waals surface area contributed by atoms with Crippen molar-refractivity contribution in [2.75, 3.05) is 13.2 Å². The third kappa shape index (κ3) is 2.59. The molecule has 0 unspecified atom stereocenters. The molecule has 2 heterocycles. The van der Waals surface area contributed by atoms with Gasteiger partial charge in [-0.1, -0.05) is 17.7 Å². The summed E-state index contributed by atoms with van der Waals surface area (Å²) in [6.07, 6.45) is -1.16. The second-order valence-electron chi connectivity index (χ2n) is 5.57. The number of aliphatic hydroxyl groups is 3. The highest BCUT2D eigenvalue weighted by Crippen LogP contribution is 2.44. The van der Waals surface area contributed by atoms with Gasteiger partial charge in [-0.05, 0) is 30.5 Å². The largest absolute Gasteiger partial charge is 0.396 e. The standard InChI is InChI=1S/C15H19ClO5/c16-10-1-2-12-9(7-10)4-6-20-15(12)14(19)13(18)8-11(21-15)3-5-17/h1-2,7,11,13-14,17-19H,3-6,8H2/t11-,13+,14-,15-/m1/s1. The van der Waals surface area contributed by atoms with Crippen molar-refractivity contribution >= 4 is 11.6 Å². The third-order valence-electron chi connectivity index (χ3n) is 4.18. The highest BCUT2D eigenvalue weighted by Gasteiger charge is 2.53. The molecule has 4 atom stereocenters. The van der Waals surface area contributed by atoms with Crippen LogP contribution >= 0.6 is 11.6 Å². The lowest BCUT2D eigenvalue weighted by Crippen LogP contribution is -2.59. The first-order valence-corrected chi connectivity index (χ1v) is 7.52. The fourth-order valence-corrected chi connectivity index (χ4v) is 3.37. The second-order valence-corrected chi connectivity index (χ2v) is 6.00. The molecule has 2 aliphatic rings. The number of ether oxygens (including phenoxy) is 2. The maximum Gasteiger partial charge on any atom is 0.225 e. The van der Waals surface area contributed by atoms with E-state index in [9.17, 15) is 10.2 Å². The maximum atomic E-state index is 10.5. The number of hydrogen-bond acceptors (Lipinski definition) is 5. The van der Waals surface area contributed by atoms with E-state index in [1.807, 2.05) is 6.07 Å². The molecule has 1 fully saturated rings. The van der Waals surface area contributed by atoms with E-state index in [0.717, 1.165) is 5.56 Å². The van der Waals surface area contributed by atoms with Gasteiger partial charge in [0.2, 0.25) is 5.79 Å². The van der Waals surface area contributed by atoms with Crippen molar-refractivity contribution in [2.45, 2.75) is 43.4 Å². The van der Waals surface area contributed by atoms with Crippen LogP contribution in [0.1, 0.15) is 24.0 Å². The van der Waals surface area contributed by atoms with E-state index in [0.29, 0.717) is 30.0 Å². The first-order chi connectivity index (χ1) is 10.1. The molecule has 5 nitrogen and oxygen atoms in total. The van der Waals surface area contributed by atoms with Crippen molar-refractivity contribution in [2.24, 2.45) is 0 Å². The lowest BCUT2D eigenvalue weighted by molar-refractivity contribution is -0.355. The Labute approximate surface area is 128 Å². The Balaban J connectivity index is 2.02. The van der Waals surface area contributed by atoms with Gasteiger partial charge < -0.3 is 24.8 Å². The number of halogens is 1. The number of benzene rings is 1. The quantitative estimate of drug-likeness (QED) is 0.758. The van der Waals surface area contributed by atoms with Crippen molar-refractivity contribution in [3.8, 4) is 0 Å². The van der Waals surface area contributed by atoms with Gasteiger partial charge in [-0.25, -0.2) is 0 Å². The molecule has 21 heavy (non-hydrogen) atoms. The van der Waals surface area contributed by atoms with Crippen molar-refractivity contribution in [3.63, 3.8) is 0 Å². The monoisotopic (exact) mass is 314 g/mol. The summed E-state index contributed by atoms with van der Waals surface area (Å²) in [4.78, 5) is 0. The van der Waals surface area contributed by atoms with Gasteiger partial charge in [0, 0.05) is 23.6 Å². The van der Waals surface area contributed by atoms with E-state index >= 15 is 0 Å². The van der Waals surface area contributed by atoms with Gasteiger partial charge in [0.15, 0.2) is 0 Å². The molecule has 6 heteroatoms. The van der Waals surface area contributed by atoms with Gasteiger partial charge in [-0.2, -0.15) is 0 Å². The third-order valence-corrected chi connectivity index (χ3v) is 4.42. The Bertz CT molecular complexity index is 523. The fourth-order valence-electron chi connectivity index (χ4n) is 3.18. The molecule has 2 aliphatic heterocycles. The zero-order valence-corrected chi connectivity index (χ0v) is 12.3. The molecule has 1 aromatic carbocycles. The Morgan fingerprint density at radius 1 is 1.33 bits per heavy atom. The first kappa shape index (κ1) is 15.2. The lowest BCUT2D eigenvalue weighted by atomic mass is 9.84. The average molecular weight is 315 g/mol. The highest BCUT2D eigenvalue weighted by atomic mass is 35.5. The molecule has 1 saturated heterocycles. The van der Waals surface area contributed by atoms with Gasteiger partial charge >= 0.3 is 0 Å². The molecule has 0 bridgehead atoms. The highest BCUT2D eigenvalue weighted by molar-refractivity contribution is 6.30. The second kappa shape index (κ2) is 5.83. The smallest absolute Gasteiger partial charge is 0.225 e. The van der Waals surface area contributed by atoms with Gasteiger partial charge in [-0.15, -0.1) is 0 Å². The zero-order chi connectivity index (χ0) is 15.0. The summed E-state index contributed by atoms with van der Waals surface area (Å²) in [7, 11) is 0. The Morgan fingerprint density at radius 2 is 2.14 bits per heavy atom. The summed E-state index contributed by atoms with van der Waals surface area (Å²) >= 11 is 6.02. The first-order valence-electron chi connectivity index (χ1n) is 7.14. The van der Waals surface area contributed by atoms with Crippen molar-refractivity contribution < 1.29 is 24.8 Å². The molecule has 0 aliphatic carbocycles. The molecule has 0 amide bonds. The molecule has 0 radical (unpaired) electrons. The summed E-state index contributed by atoms with van der Waals surface area (Å²) in [5.41, 5.74) is 1.65. The van der Waals surface area contributed by atoms with Crippen LogP contribution in [0, 0.1) is 0 Å². The van der Waals surface area contributed by atoms with Crippen LogP contribution in [-0.4, -0.2) is 46.8 Å². The van der Waals surface area contributed by atoms with Crippen LogP contribution in [0.25, 0.3) is 0 Å². The van der Waals surface area contributed by atoms with Crippen LogP contribution < -0.4 is 0 Å². The van der Waals surface area contributed by atoms with Gasteiger partial charge in [0.25, 0.3) is 0 Å². The molecule has 0 saturated carbocycles. The predicted octanol–water partition coefficient (Wildman–Crippen LogP) is 0.959. The topological polar surface area (TPSA) is 79.2 Å². The van der Waals surface area contributed by atoms with Crippen LogP contribution in [0.5, 0.6) is 0 Å². The Kier molecular flexibility index (Phi) is 4.23. The molecule has 1 aromatic rings. The zero-order valence-electron chi connectivity index (χ0n) is 11.5. The van der Waals surface area contributed by atoms with Crippen molar-refractivity contribution in [1.29, 1.82) is 0 Å². The van der Waals surface area contributed by atoms with Gasteiger partial charge in [0.1, 0.15) is 6.10 Å². The van der Waals surface area contributed by atoms with E-state index in [2.05, 4.69) is 0 Å². The van der Waals surface area contributed by atoms with Crippen LogP contribution in [0.2, 0.25) is 5.02 Å². The van der Waals surface area contributed by atoms with E-state index in [-0.39, 0.29) is 19.1 Å². The summed E-state index contributed by atoms with van der Waals surface area (Å²) in [5, 5.41) is 30.3. The Hall–Kier alpha value is -0.690. The average Bonchev–Trinajstić information content (AvgIpc) is 2.45. The summed E-state index contributed by atoms with van der Waals surface area (Å²) in [6.45, 7) is 0.333. The van der Waals surface area contributed by atoms with Crippen LogP contribution in [-0.2, 0) is 21.7 Å². The fraction of sp³-hybridized carbons (Fsp3) is 0.600. The molecule has 1 spiro atoms. The van der Waals surface area contributed by atoms with Gasteiger partial charge in [0.05, 0.1) is 18.8 Å². The lowest BCUT2D eigenvalue weighted by Gasteiger charge is -2.48. The number of hydrogen-bond donors (Lipinski definition) is 3. The minimum atomic E-state index is -1.38. The summed E-state index contributed by atoms with van der Waals surface area (Å²) in [6, 6.07) is 5.32. The minimum Gasteiger partial charge on any atom is -0.396 e. The van der Waals surface area contributed by atoms with E-state index < -0.39 is 18.0 Å². The molecule has 0 aromatic heterocycles. The van der Waals surface area contributed by atoms with Crippen molar-refractivity contribution in [3.05, 3.63) is 34.3 Å². The molecular formula is C15H19ClO5. The molecule has 3 N–H and O–H groups in total. The van der Waals surface area contributed by atoms with Crippen LogP contribution in [0.15, 0.2) is 18.2 Å².